The predicted octanol–water partition coefficient (Wildman–Crippen LogP) is 0.945. The molecule has 6 nitrogen and oxygen atoms in total. The highest BCUT2D eigenvalue weighted by Crippen LogP contribution is 2.31. The van der Waals surface area contributed by atoms with E-state index in [2.05, 4.69) is 10.1 Å². The maximum absolute atomic E-state index is 6.00. The molecule has 0 spiro atoms. The average molecular weight is 235 g/mol. The molecule has 2 aromatic heterocycles. The number of furan rings is 1. The fourth-order valence-corrected chi connectivity index (χ4v) is 1.87. The highest BCUT2D eigenvalue weighted by Gasteiger charge is 2.44. The molecule has 0 amide bonds. The predicted molar refractivity (Wildman–Crippen MR) is 58.1 cm³/mol. The Bertz CT molecular complexity index is 508. The van der Waals surface area contributed by atoms with Gasteiger partial charge < -0.3 is 19.4 Å². The third kappa shape index (κ3) is 1.57. The van der Waals surface area contributed by atoms with Gasteiger partial charge in [-0.3, -0.25) is 0 Å². The second kappa shape index (κ2) is 3.68. The first-order valence-corrected chi connectivity index (χ1v) is 5.40. The van der Waals surface area contributed by atoms with E-state index in [9.17, 15) is 0 Å². The standard InChI is InChI=1S/C11H13N3O3/c1-11(6-16-5-8(11)12)10-13-9(14-17-10)7-2-3-15-4-7/h2-4,8H,5-6,12H2,1H3. The third-order valence-corrected chi connectivity index (χ3v) is 3.21. The van der Waals surface area contributed by atoms with E-state index in [-0.39, 0.29) is 6.04 Å². The molecule has 0 aromatic carbocycles. The Balaban J connectivity index is 1.95. The van der Waals surface area contributed by atoms with E-state index in [1.165, 1.54) is 0 Å². The number of hydrogen-bond acceptors (Lipinski definition) is 6. The molecule has 1 fully saturated rings. The summed E-state index contributed by atoms with van der Waals surface area (Å²) in [7, 11) is 0. The van der Waals surface area contributed by atoms with Crippen molar-refractivity contribution in [3.8, 4) is 11.4 Å². The van der Waals surface area contributed by atoms with E-state index in [1.807, 2.05) is 6.92 Å². The molecule has 1 saturated heterocycles. The van der Waals surface area contributed by atoms with Crippen molar-refractivity contribution in [1.29, 1.82) is 0 Å². The molecule has 0 bridgehead atoms. The van der Waals surface area contributed by atoms with Crippen LogP contribution in [0.25, 0.3) is 11.4 Å². The highest BCUT2D eigenvalue weighted by molar-refractivity contribution is 5.51. The summed E-state index contributed by atoms with van der Waals surface area (Å²) in [6, 6.07) is 1.65. The van der Waals surface area contributed by atoms with Crippen LogP contribution in [-0.2, 0) is 10.2 Å². The number of rotatable bonds is 2. The smallest absolute Gasteiger partial charge is 0.236 e. The molecule has 0 aliphatic carbocycles. The minimum atomic E-state index is -0.408. The summed E-state index contributed by atoms with van der Waals surface area (Å²) in [5.41, 5.74) is 6.38. The van der Waals surface area contributed by atoms with Crippen LogP contribution in [0.15, 0.2) is 27.5 Å². The van der Waals surface area contributed by atoms with Crippen LogP contribution >= 0.6 is 0 Å². The van der Waals surface area contributed by atoms with E-state index >= 15 is 0 Å². The Kier molecular flexibility index (Phi) is 2.27. The molecule has 2 aromatic rings. The van der Waals surface area contributed by atoms with Crippen molar-refractivity contribution in [3.05, 3.63) is 24.5 Å². The van der Waals surface area contributed by atoms with Gasteiger partial charge in [0, 0.05) is 6.04 Å². The first-order valence-electron chi connectivity index (χ1n) is 5.40. The summed E-state index contributed by atoms with van der Waals surface area (Å²) in [6.07, 6.45) is 3.14. The molecule has 0 saturated carbocycles. The van der Waals surface area contributed by atoms with Crippen molar-refractivity contribution in [1.82, 2.24) is 10.1 Å². The zero-order chi connectivity index (χ0) is 11.9. The minimum absolute atomic E-state index is 0.125. The third-order valence-electron chi connectivity index (χ3n) is 3.21. The Hall–Kier alpha value is -1.66. The van der Waals surface area contributed by atoms with Gasteiger partial charge in [0.05, 0.1) is 30.5 Å². The van der Waals surface area contributed by atoms with Crippen molar-refractivity contribution >= 4 is 0 Å². The highest BCUT2D eigenvalue weighted by atomic mass is 16.5. The lowest BCUT2D eigenvalue weighted by Crippen LogP contribution is -2.42. The second-order valence-corrected chi connectivity index (χ2v) is 4.47. The van der Waals surface area contributed by atoms with Crippen LogP contribution in [0.2, 0.25) is 0 Å². The van der Waals surface area contributed by atoms with E-state index in [0.29, 0.717) is 24.9 Å². The van der Waals surface area contributed by atoms with E-state index in [4.69, 9.17) is 19.4 Å². The number of aromatic nitrogens is 2. The van der Waals surface area contributed by atoms with Gasteiger partial charge in [0.2, 0.25) is 11.7 Å². The molecule has 2 unspecified atom stereocenters. The molecule has 3 rings (SSSR count). The van der Waals surface area contributed by atoms with E-state index < -0.39 is 5.41 Å². The van der Waals surface area contributed by atoms with Crippen molar-refractivity contribution < 1.29 is 13.7 Å². The molecule has 6 heteroatoms. The molecule has 17 heavy (non-hydrogen) atoms. The molecule has 3 heterocycles. The summed E-state index contributed by atoms with van der Waals surface area (Å²) in [5.74, 6) is 1.02. The number of nitrogens with two attached hydrogens (primary N) is 1. The van der Waals surface area contributed by atoms with Crippen LogP contribution in [0.1, 0.15) is 12.8 Å². The Labute approximate surface area is 97.7 Å². The van der Waals surface area contributed by atoms with Gasteiger partial charge in [-0.2, -0.15) is 4.98 Å². The SMILES string of the molecule is CC1(c2nc(-c3ccoc3)no2)COCC1N. The van der Waals surface area contributed by atoms with Gasteiger partial charge in [-0.1, -0.05) is 5.16 Å². The molecule has 1 aliphatic heterocycles. The van der Waals surface area contributed by atoms with Crippen molar-refractivity contribution in [2.75, 3.05) is 13.2 Å². The van der Waals surface area contributed by atoms with Gasteiger partial charge in [0.25, 0.3) is 0 Å². The van der Waals surface area contributed by atoms with Crippen molar-refractivity contribution in [2.24, 2.45) is 5.73 Å². The summed E-state index contributed by atoms with van der Waals surface area (Å²) < 4.78 is 15.6. The Morgan fingerprint density at radius 3 is 3.06 bits per heavy atom. The van der Waals surface area contributed by atoms with Crippen molar-refractivity contribution in [2.45, 2.75) is 18.4 Å². The van der Waals surface area contributed by atoms with Crippen LogP contribution in [0.3, 0.4) is 0 Å². The summed E-state index contributed by atoms with van der Waals surface area (Å²) in [5, 5.41) is 3.93. The van der Waals surface area contributed by atoms with E-state index in [1.54, 1.807) is 18.6 Å². The summed E-state index contributed by atoms with van der Waals surface area (Å²) >= 11 is 0. The lowest BCUT2D eigenvalue weighted by molar-refractivity contribution is 0.169. The number of hydrogen-bond donors (Lipinski definition) is 1. The fourth-order valence-electron chi connectivity index (χ4n) is 1.87. The summed E-state index contributed by atoms with van der Waals surface area (Å²) in [4.78, 5) is 4.36. The van der Waals surface area contributed by atoms with E-state index in [0.717, 1.165) is 5.56 Å². The fraction of sp³-hybridized carbons (Fsp3) is 0.455. The van der Waals surface area contributed by atoms with Crippen LogP contribution in [0, 0.1) is 0 Å². The lowest BCUT2D eigenvalue weighted by atomic mass is 9.86. The van der Waals surface area contributed by atoms with Crippen LogP contribution in [0.4, 0.5) is 0 Å². The molecule has 2 N–H and O–H groups in total. The van der Waals surface area contributed by atoms with Crippen LogP contribution < -0.4 is 5.73 Å². The van der Waals surface area contributed by atoms with Crippen molar-refractivity contribution in [3.63, 3.8) is 0 Å². The molecule has 0 radical (unpaired) electrons. The van der Waals surface area contributed by atoms with Gasteiger partial charge in [0.1, 0.15) is 6.26 Å². The number of ether oxygens (including phenoxy) is 1. The Morgan fingerprint density at radius 2 is 2.41 bits per heavy atom. The van der Waals surface area contributed by atoms with Gasteiger partial charge in [-0.05, 0) is 13.0 Å². The van der Waals surface area contributed by atoms with Gasteiger partial charge in [-0.25, -0.2) is 0 Å². The molecular formula is C11H13N3O3. The Morgan fingerprint density at radius 1 is 1.53 bits per heavy atom. The minimum Gasteiger partial charge on any atom is -0.472 e. The maximum atomic E-state index is 6.00. The monoisotopic (exact) mass is 235 g/mol. The topological polar surface area (TPSA) is 87.3 Å². The maximum Gasteiger partial charge on any atom is 0.236 e. The first-order chi connectivity index (χ1) is 8.20. The molecular weight excluding hydrogens is 222 g/mol. The number of nitrogens with zero attached hydrogens (tertiary/aromatic N) is 2. The molecule has 90 valence electrons. The quantitative estimate of drug-likeness (QED) is 0.833. The first kappa shape index (κ1) is 10.5. The lowest BCUT2D eigenvalue weighted by Gasteiger charge is -2.21. The normalized spacial score (nSPS) is 28.7. The second-order valence-electron chi connectivity index (χ2n) is 4.47. The average Bonchev–Trinajstić information content (AvgIpc) is 3.01. The summed E-state index contributed by atoms with van der Waals surface area (Å²) in [6.45, 7) is 2.98. The zero-order valence-corrected chi connectivity index (χ0v) is 9.42. The van der Waals surface area contributed by atoms with Gasteiger partial charge >= 0.3 is 0 Å². The zero-order valence-electron chi connectivity index (χ0n) is 9.42. The van der Waals surface area contributed by atoms with Crippen LogP contribution in [-0.4, -0.2) is 29.4 Å². The molecule has 1 aliphatic rings. The molecule has 2 atom stereocenters. The largest absolute Gasteiger partial charge is 0.472 e. The van der Waals surface area contributed by atoms with Gasteiger partial charge in [-0.15, -0.1) is 0 Å². The van der Waals surface area contributed by atoms with Gasteiger partial charge in [0.15, 0.2) is 0 Å². The van der Waals surface area contributed by atoms with Crippen LogP contribution in [0.5, 0.6) is 0 Å².